The molecule has 1 heterocycles. The zero-order valence-electron chi connectivity index (χ0n) is 16.7. The average Bonchev–Trinajstić information content (AvgIpc) is 2.75. The molecule has 148 valence electrons. The topological polar surface area (TPSA) is 52.8 Å². The molecule has 3 rings (SSSR count). The van der Waals surface area contributed by atoms with E-state index < -0.39 is 0 Å². The maximum Gasteiger partial charge on any atom is 0.279 e. The lowest BCUT2D eigenvalue weighted by Crippen LogP contribution is -2.22. The highest BCUT2D eigenvalue weighted by atomic mass is 16.5. The first-order chi connectivity index (χ1) is 14.1. The van der Waals surface area contributed by atoms with Crippen molar-refractivity contribution < 1.29 is 14.3 Å². The van der Waals surface area contributed by atoms with Crippen LogP contribution in [0.5, 0.6) is 11.5 Å². The second-order valence-electron chi connectivity index (χ2n) is 6.55. The Morgan fingerprint density at radius 1 is 1.10 bits per heavy atom. The second-order valence-corrected chi connectivity index (χ2v) is 6.55. The minimum Gasteiger partial charge on any atom is -0.493 e. The summed E-state index contributed by atoms with van der Waals surface area (Å²) in [7, 11) is 1.54. The fraction of sp³-hybridized carbons (Fsp3) is 0.167. The van der Waals surface area contributed by atoms with Gasteiger partial charge in [-0.25, -0.2) is 0 Å². The fourth-order valence-electron chi connectivity index (χ4n) is 2.83. The molecular formula is C24H24N2O3. The van der Waals surface area contributed by atoms with Gasteiger partial charge in [0, 0.05) is 18.3 Å². The Balaban J connectivity index is 1.89. The third-order valence-electron chi connectivity index (χ3n) is 4.37. The molecular weight excluding hydrogens is 364 g/mol. The van der Waals surface area contributed by atoms with Crippen molar-refractivity contribution in [2.75, 3.05) is 13.7 Å². The van der Waals surface area contributed by atoms with E-state index in [4.69, 9.17) is 9.47 Å². The van der Waals surface area contributed by atoms with E-state index in [1.54, 1.807) is 24.3 Å². The Hall–Kier alpha value is -3.60. The minimum absolute atomic E-state index is 0.345. The molecule has 0 saturated carbocycles. The van der Waals surface area contributed by atoms with Crippen LogP contribution in [0, 0.1) is 6.92 Å². The van der Waals surface area contributed by atoms with Gasteiger partial charge in [0.25, 0.3) is 5.91 Å². The first-order valence-corrected chi connectivity index (χ1v) is 9.32. The van der Waals surface area contributed by atoms with Crippen LogP contribution in [0.25, 0.3) is 0 Å². The Morgan fingerprint density at radius 3 is 2.62 bits per heavy atom. The molecule has 2 aromatic carbocycles. The number of hydrogen-bond donors (Lipinski definition) is 0. The standard InChI is InChI=1S/C24H24N2O3/c1-4-15-29-21-13-12-20(16-22(21)28-3)24(27)25-23-7-5-6-14-26(23)17-19-10-8-18(2)9-11-19/h4-14,16H,1,15,17H2,2-3H3. The monoisotopic (exact) mass is 388 g/mol. The summed E-state index contributed by atoms with van der Waals surface area (Å²) < 4.78 is 12.8. The van der Waals surface area contributed by atoms with Gasteiger partial charge in [-0.1, -0.05) is 48.6 Å². The molecule has 0 spiro atoms. The van der Waals surface area contributed by atoms with Gasteiger partial charge in [-0.15, -0.1) is 0 Å². The number of hydrogen-bond acceptors (Lipinski definition) is 3. The molecule has 0 unspecified atom stereocenters. The normalized spacial score (nSPS) is 11.2. The van der Waals surface area contributed by atoms with E-state index in [0.29, 0.717) is 35.7 Å². The molecule has 0 radical (unpaired) electrons. The predicted molar refractivity (Wildman–Crippen MR) is 113 cm³/mol. The molecule has 1 amide bonds. The van der Waals surface area contributed by atoms with Gasteiger partial charge in [-0.2, -0.15) is 4.99 Å². The van der Waals surface area contributed by atoms with Crippen molar-refractivity contribution in [1.29, 1.82) is 0 Å². The van der Waals surface area contributed by atoms with E-state index in [9.17, 15) is 4.79 Å². The minimum atomic E-state index is -0.345. The lowest BCUT2D eigenvalue weighted by molar-refractivity contribution is 0.0996. The molecule has 0 saturated heterocycles. The number of ether oxygens (including phenoxy) is 2. The third kappa shape index (κ3) is 5.23. The number of methoxy groups -OCH3 is 1. The summed E-state index contributed by atoms with van der Waals surface area (Å²) in [4.78, 5) is 17.1. The van der Waals surface area contributed by atoms with Crippen molar-refractivity contribution in [3.05, 3.63) is 102 Å². The molecule has 0 aliphatic heterocycles. The van der Waals surface area contributed by atoms with Crippen molar-refractivity contribution in [3.8, 4) is 11.5 Å². The van der Waals surface area contributed by atoms with E-state index in [0.717, 1.165) is 5.56 Å². The SMILES string of the molecule is C=CCOc1ccc(C(=O)N=c2ccccn2Cc2ccc(C)cc2)cc1OC. The molecule has 0 aliphatic carbocycles. The lowest BCUT2D eigenvalue weighted by atomic mass is 10.1. The lowest BCUT2D eigenvalue weighted by Gasteiger charge is -2.10. The number of aryl methyl sites for hydroxylation is 1. The van der Waals surface area contributed by atoms with E-state index in [1.165, 1.54) is 12.7 Å². The molecule has 0 fully saturated rings. The summed E-state index contributed by atoms with van der Waals surface area (Å²) >= 11 is 0. The van der Waals surface area contributed by atoms with Crippen molar-refractivity contribution in [1.82, 2.24) is 4.57 Å². The zero-order chi connectivity index (χ0) is 20.6. The summed E-state index contributed by atoms with van der Waals surface area (Å²) in [6.07, 6.45) is 3.56. The van der Waals surface area contributed by atoms with Crippen LogP contribution in [0.1, 0.15) is 21.5 Å². The van der Waals surface area contributed by atoms with Gasteiger partial charge in [-0.05, 0) is 42.8 Å². The van der Waals surface area contributed by atoms with Gasteiger partial charge >= 0.3 is 0 Å². The van der Waals surface area contributed by atoms with Crippen LogP contribution in [0.4, 0.5) is 0 Å². The van der Waals surface area contributed by atoms with E-state index >= 15 is 0 Å². The summed E-state index contributed by atoms with van der Waals surface area (Å²) in [5.41, 5.74) is 3.37. The van der Waals surface area contributed by atoms with Gasteiger partial charge < -0.3 is 14.0 Å². The molecule has 5 heteroatoms. The molecule has 29 heavy (non-hydrogen) atoms. The quantitative estimate of drug-likeness (QED) is 0.571. The van der Waals surface area contributed by atoms with Crippen LogP contribution in [0.15, 0.2) is 84.5 Å². The van der Waals surface area contributed by atoms with Gasteiger partial charge in [-0.3, -0.25) is 4.79 Å². The Bertz CT molecular complexity index is 1070. The number of carbonyl (C=O) groups excluding carboxylic acids is 1. The fourth-order valence-corrected chi connectivity index (χ4v) is 2.83. The van der Waals surface area contributed by atoms with Gasteiger partial charge in [0.05, 0.1) is 7.11 Å². The summed E-state index contributed by atoms with van der Waals surface area (Å²) in [6.45, 7) is 6.67. The first kappa shape index (κ1) is 20.1. The molecule has 3 aromatic rings. The molecule has 0 atom stereocenters. The highest BCUT2D eigenvalue weighted by Crippen LogP contribution is 2.28. The van der Waals surface area contributed by atoms with Crippen LogP contribution in [0.2, 0.25) is 0 Å². The van der Waals surface area contributed by atoms with E-state index in [2.05, 4.69) is 42.8 Å². The van der Waals surface area contributed by atoms with Crippen molar-refractivity contribution in [3.63, 3.8) is 0 Å². The van der Waals surface area contributed by atoms with Gasteiger partial charge in [0.15, 0.2) is 11.5 Å². The average molecular weight is 388 g/mol. The van der Waals surface area contributed by atoms with Gasteiger partial charge in [0.2, 0.25) is 0 Å². The maximum atomic E-state index is 12.8. The number of rotatable bonds is 7. The number of amides is 1. The molecule has 1 aromatic heterocycles. The summed E-state index contributed by atoms with van der Waals surface area (Å²) in [5, 5.41) is 0. The van der Waals surface area contributed by atoms with E-state index in [-0.39, 0.29) is 5.91 Å². The van der Waals surface area contributed by atoms with Crippen molar-refractivity contribution >= 4 is 5.91 Å². The van der Waals surface area contributed by atoms with Gasteiger partial charge in [0.1, 0.15) is 12.1 Å². The molecule has 5 nitrogen and oxygen atoms in total. The van der Waals surface area contributed by atoms with E-state index in [1.807, 2.05) is 29.0 Å². The van der Waals surface area contributed by atoms with Crippen LogP contribution in [-0.2, 0) is 6.54 Å². The molecule has 0 N–H and O–H groups in total. The molecule has 0 aliphatic rings. The summed E-state index contributed by atoms with van der Waals surface area (Å²) in [5.74, 6) is 0.689. The van der Waals surface area contributed by atoms with Crippen LogP contribution in [-0.4, -0.2) is 24.2 Å². The zero-order valence-corrected chi connectivity index (χ0v) is 16.7. The number of pyridine rings is 1. The third-order valence-corrected chi connectivity index (χ3v) is 4.37. The largest absolute Gasteiger partial charge is 0.493 e. The van der Waals surface area contributed by atoms with Crippen molar-refractivity contribution in [2.24, 2.45) is 4.99 Å². The number of aromatic nitrogens is 1. The second kappa shape index (κ2) is 9.55. The predicted octanol–water partition coefficient (Wildman–Crippen LogP) is 4.16. The van der Waals surface area contributed by atoms with Crippen molar-refractivity contribution in [2.45, 2.75) is 13.5 Å². The molecule has 0 bridgehead atoms. The number of nitrogens with zero attached hydrogens (tertiary/aromatic N) is 2. The van der Waals surface area contributed by atoms with Crippen LogP contribution in [0.3, 0.4) is 0 Å². The maximum absolute atomic E-state index is 12.8. The van der Waals surface area contributed by atoms with Crippen LogP contribution >= 0.6 is 0 Å². The Kier molecular flexibility index (Phi) is 6.63. The highest BCUT2D eigenvalue weighted by Gasteiger charge is 2.11. The smallest absolute Gasteiger partial charge is 0.279 e. The Morgan fingerprint density at radius 2 is 1.90 bits per heavy atom. The summed E-state index contributed by atoms with van der Waals surface area (Å²) in [6, 6.07) is 18.9. The number of carbonyl (C=O) groups is 1. The number of benzene rings is 2. The Labute approximate surface area is 170 Å². The van der Waals surface area contributed by atoms with Crippen LogP contribution < -0.4 is 15.0 Å². The highest BCUT2D eigenvalue weighted by molar-refractivity contribution is 5.95. The first-order valence-electron chi connectivity index (χ1n) is 9.32.